The molecule has 0 aromatic heterocycles. The van der Waals surface area contributed by atoms with Crippen LogP contribution in [0, 0.1) is 0 Å². The molecule has 0 bridgehead atoms. The second-order valence-corrected chi connectivity index (χ2v) is 5.83. The monoisotopic (exact) mass is 374 g/mol. The number of hydrogen-bond acceptors (Lipinski definition) is 2. The zero-order valence-corrected chi connectivity index (χ0v) is 13.5. The Morgan fingerprint density at radius 2 is 1.89 bits per heavy atom. The Morgan fingerprint density at radius 1 is 1.16 bits per heavy atom. The fraction of sp³-hybridized carbons (Fsp3) is 0. The summed E-state index contributed by atoms with van der Waals surface area (Å²) in [6.07, 6.45) is 0. The van der Waals surface area contributed by atoms with Gasteiger partial charge in [-0.2, -0.15) is 0 Å². The maximum atomic E-state index is 6.12. The molecule has 0 saturated carbocycles. The van der Waals surface area contributed by atoms with Gasteiger partial charge in [-0.1, -0.05) is 41.5 Å². The fourth-order valence-corrected chi connectivity index (χ4v) is 2.60. The summed E-state index contributed by atoms with van der Waals surface area (Å²) in [7, 11) is 0. The van der Waals surface area contributed by atoms with Crippen LogP contribution in [-0.2, 0) is 0 Å². The van der Waals surface area contributed by atoms with Gasteiger partial charge in [0.05, 0.1) is 20.2 Å². The molecule has 2 rings (SSSR count). The number of benzene rings is 2. The highest BCUT2D eigenvalue weighted by atomic mass is 79.9. The van der Waals surface area contributed by atoms with E-state index in [2.05, 4.69) is 21.2 Å². The van der Waals surface area contributed by atoms with Gasteiger partial charge in [-0.3, -0.25) is 0 Å². The molecule has 0 fully saturated rings. The molecule has 6 heteroatoms. The zero-order valence-electron chi connectivity index (χ0n) is 9.58. The van der Waals surface area contributed by atoms with Crippen molar-refractivity contribution in [3.63, 3.8) is 0 Å². The quantitative estimate of drug-likeness (QED) is 0.730. The number of anilines is 2. The third-order valence-electron chi connectivity index (χ3n) is 2.47. The number of rotatable bonds is 3. The molecule has 0 aliphatic heterocycles. The Balaban J connectivity index is 2.32. The smallest absolute Gasteiger partial charge is 0.105 e. The summed E-state index contributed by atoms with van der Waals surface area (Å²) in [4.78, 5) is 0.278. The van der Waals surface area contributed by atoms with Gasteiger partial charge in [-0.15, -0.1) is 0 Å². The lowest BCUT2D eigenvalue weighted by atomic mass is 10.2. The van der Waals surface area contributed by atoms with E-state index in [1.165, 1.54) is 0 Å². The summed E-state index contributed by atoms with van der Waals surface area (Å²) >= 11 is 20.5. The molecule has 0 unspecified atom stereocenters. The molecule has 0 radical (unpaired) electrons. The summed E-state index contributed by atoms with van der Waals surface area (Å²) in [6.45, 7) is 0. The van der Waals surface area contributed by atoms with Gasteiger partial charge in [0, 0.05) is 11.3 Å². The molecular formula is C13H9BrCl2N2S. The SMILES string of the molecule is NC(=S)c1ccc(Nc2cccc(Cl)c2Br)cc1Cl. The van der Waals surface area contributed by atoms with Crippen molar-refractivity contribution in [1.82, 2.24) is 0 Å². The molecule has 2 nitrogen and oxygen atoms in total. The molecular weight excluding hydrogens is 367 g/mol. The average Bonchev–Trinajstić information content (AvgIpc) is 2.34. The van der Waals surface area contributed by atoms with Gasteiger partial charge in [0.1, 0.15) is 4.99 Å². The second-order valence-electron chi connectivity index (χ2n) is 3.79. The molecule has 0 saturated heterocycles. The highest BCUT2D eigenvalue weighted by Gasteiger charge is 2.07. The van der Waals surface area contributed by atoms with Gasteiger partial charge in [0.2, 0.25) is 0 Å². The zero-order chi connectivity index (χ0) is 14.0. The van der Waals surface area contributed by atoms with E-state index in [1.807, 2.05) is 18.2 Å². The van der Waals surface area contributed by atoms with Crippen LogP contribution in [-0.4, -0.2) is 4.99 Å². The molecule has 0 heterocycles. The normalized spacial score (nSPS) is 10.3. The van der Waals surface area contributed by atoms with Gasteiger partial charge in [0.25, 0.3) is 0 Å². The van der Waals surface area contributed by atoms with E-state index < -0.39 is 0 Å². The van der Waals surface area contributed by atoms with Crippen molar-refractivity contribution in [2.75, 3.05) is 5.32 Å². The molecule has 0 aliphatic carbocycles. The fourth-order valence-electron chi connectivity index (χ4n) is 1.55. The maximum Gasteiger partial charge on any atom is 0.105 e. The van der Waals surface area contributed by atoms with Crippen molar-refractivity contribution in [3.8, 4) is 0 Å². The summed E-state index contributed by atoms with van der Waals surface area (Å²) in [5, 5.41) is 4.37. The highest BCUT2D eigenvalue weighted by molar-refractivity contribution is 9.10. The number of thiocarbonyl (C=S) groups is 1. The molecule has 3 N–H and O–H groups in total. The minimum absolute atomic E-state index is 0.278. The van der Waals surface area contributed by atoms with E-state index in [-0.39, 0.29) is 4.99 Å². The third kappa shape index (κ3) is 3.39. The van der Waals surface area contributed by atoms with Crippen LogP contribution in [0.1, 0.15) is 5.56 Å². The largest absolute Gasteiger partial charge is 0.389 e. The molecule has 0 amide bonds. The Bertz CT molecular complexity index is 647. The number of nitrogens with two attached hydrogens (primary N) is 1. The lowest BCUT2D eigenvalue weighted by molar-refractivity contribution is 1.51. The number of hydrogen-bond donors (Lipinski definition) is 2. The van der Waals surface area contributed by atoms with Crippen LogP contribution in [0.4, 0.5) is 11.4 Å². The van der Waals surface area contributed by atoms with Crippen molar-refractivity contribution in [1.29, 1.82) is 0 Å². The molecule has 2 aromatic carbocycles. The first-order chi connectivity index (χ1) is 8.99. The topological polar surface area (TPSA) is 38.0 Å². The Hall–Kier alpha value is -0.810. The van der Waals surface area contributed by atoms with Gasteiger partial charge in [-0.05, 0) is 46.3 Å². The third-order valence-corrected chi connectivity index (χ3v) is 4.40. The molecule has 0 aliphatic rings. The summed E-state index contributed by atoms with van der Waals surface area (Å²) in [6, 6.07) is 11.0. The van der Waals surface area contributed by atoms with E-state index in [0.29, 0.717) is 15.6 Å². The van der Waals surface area contributed by atoms with Crippen molar-refractivity contribution < 1.29 is 0 Å². The summed E-state index contributed by atoms with van der Waals surface area (Å²) in [5.41, 5.74) is 7.90. The first-order valence-electron chi connectivity index (χ1n) is 5.29. The van der Waals surface area contributed by atoms with Gasteiger partial charge in [0.15, 0.2) is 0 Å². The molecule has 2 aromatic rings. The van der Waals surface area contributed by atoms with E-state index >= 15 is 0 Å². The van der Waals surface area contributed by atoms with E-state index in [0.717, 1.165) is 15.8 Å². The first kappa shape index (κ1) is 14.6. The predicted octanol–water partition coefficient (Wildman–Crippen LogP) is 5.13. The van der Waals surface area contributed by atoms with Crippen LogP contribution in [0.3, 0.4) is 0 Å². The van der Waals surface area contributed by atoms with Crippen molar-refractivity contribution in [3.05, 3.63) is 56.5 Å². The Labute approximate surface area is 135 Å². The lowest BCUT2D eigenvalue weighted by Gasteiger charge is -2.11. The van der Waals surface area contributed by atoms with Gasteiger partial charge >= 0.3 is 0 Å². The van der Waals surface area contributed by atoms with E-state index in [4.69, 9.17) is 41.2 Å². The van der Waals surface area contributed by atoms with E-state index in [1.54, 1.807) is 18.2 Å². The van der Waals surface area contributed by atoms with Crippen LogP contribution in [0.25, 0.3) is 0 Å². The number of nitrogens with one attached hydrogen (secondary N) is 1. The van der Waals surface area contributed by atoms with Gasteiger partial charge < -0.3 is 11.1 Å². The molecule has 0 spiro atoms. The summed E-state index contributed by atoms with van der Waals surface area (Å²) < 4.78 is 0.797. The van der Waals surface area contributed by atoms with Gasteiger partial charge in [-0.25, -0.2) is 0 Å². The van der Waals surface area contributed by atoms with Crippen molar-refractivity contribution >= 4 is 67.7 Å². The van der Waals surface area contributed by atoms with Crippen LogP contribution >= 0.6 is 51.3 Å². The standard InChI is InChI=1S/C13H9BrCl2N2S/c14-12-9(15)2-1-3-11(12)18-7-4-5-8(13(17)19)10(16)6-7/h1-6,18H,(H2,17,19). The van der Waals surface area contributed by atoms with Crippen LogP contribution in [0.2, 0.25) is 10.0 Å². The average molecular weight is 376 g/mol. The first-order valence-corrected chi connectivity index (χ1v) is 7.25. The summed E-state index contributed by atoms with van der Waals surface area (Å²) in [5.74, 6) is 0. The minimum Gasteiger partial charge on any atom is -0.389 e. The van der Waals surface area contributed by atoms with Crippen LogP contribution in [0.15, 0.2) is 40.9 Å². The lowest BCUT2D eigenvalue weighted by Crippen LogP contribution is -2.09. The van der Waals surface area contributed by atoms with Crippen LogP contribution in [0.5, 0.6) is 0 Å². The maximum absolute atomic E-state index is 6.12. The van der Waals surface area contributed by atoms with E-state index in [9.17, 15) is 0 Å². The second kappa shape index (κ2) is 6.09. The Kier molecular flexibility index (Phi) is 4.68. The highest BCUT2D eigenvalue weighted by Crippen LogP contribution is 2.33. The number of halogens is 3. The Morgan fingerprint density at radius 3 is 2.53 bits per heavy atom. The van der Waals surface area contributed by atoms with Crippen molar-refractivity contribution in [2.45, 2.75) is 0 Å². The molecule has 19 heavy (non-hydrogen) atoms. The molecule has 98 valence electrons. The minimum atomic E-state index is 0.278. The molecule has 0 atom stereocenters. The predicted molar refractivity (Wildman–Crippen MR) is 89.8 cm³/mol. The van der Waals surface area contributed by atoms with Crippen molar-refractivity contribution in [2.24, 2.45) is 5.73 Å². The van der Waals surface area contributed by atoms with Crippen LogP contribution < -0.4 is 11.1 Å².